The minimum atomic E-state index is -1.27. The van der Waals surface area contributed by atoms with Crippen LogP contribution in [0.2, 0.25) is 5.15 Å². The number of ether oxygens (including phenoxy) is 2. The van der Waals surface area contributed by atoms with Crippen LogP contribution in [0.4, 0.5) is 14.9 Å². The van der Waals surface area contributed by atoms with Crippen molar-refractivity contribution in [1.82, 2.24) is 24.8 Å². The topological polar surface area (TPSA) is 179 Å². The molecule has 3 aromatic heterocycles. The largest absolute Gasteiger partial charge is 0.496 e. The van der Waals surface area contributed by atoms with Crippen molar-refractivity contribution in [3.8, 4) is 28.3 Å². The fourth-order valence-electron chi connectivity index (χ4n) is 5.37. The third kappa shape index (κ3) is 5.70. The van der Waals surface area contributed by atoms with Crippen LogP contribution in [0.5, 0.6) is 11.5 Å². The lowest BCUT2D eigenvalue weighted by atomic mass is 10.0. The number of esters is 1. The number of aromatic nitrogens is 3. The SMILES string of the molecule is COc1cccc(F)c1-c1cc2c(nc1Cl)c(OC(=O)C1CN(C(=O)O)CCN1)c([N+](=O)[O-])c(=O)n2-c1c(C)ccnc1C(C)C. The number of amides is 1. The van der Waals surface area contributed by atoms with Crippen molar-refractivity contribution in [3.63, 3.8) is 0 Å². The van der Waals surface area contributed by atoms with Gasteiger partial charge in [-0.2, -0.15) is 0 Å². The number of nitro groups is 1. The Morgan fingerprint density at radius 3 is 2.67 bits per heavy atom. The van der Waals surface area contributed by atoms with Crippen LogP contribution in [0.3, 0.4) is 0 Å². The fourth-order valence-corrected chi connectivity index (χ4v) is 5.60. The van der Waals surface area contributed by atoms with Crippen molar-refractivity contribution >= 4 is 40.4 Å². The predicted molar refractivity (Wildman–Crippen MR) is 165 cm³/mol. The van der Waals surface area contributed by atoms with Crippen molar-refractivity contribution in [1.29, 1.82) is 0 Å². The van der Waals surface area contributed by atoms with Crippen LogP contribution in [-0.2, 0) is 4.79 Å². The highest BCUT2D eigenvalue weighted by Crippen LogP contribution is 2.42. The third-order valence-corrected chi connectivity index (χ3v) is 7.83. The van der Waals surface area contributed by atoms with Gasteiger partial charge in [0.1, 0.15) is 28.3 Å². The second-order valence-corrected chi connectivity index (χ2v) is 11.1. The molecule has 0 radical (unpaired) electrons. The van der Waals surface area contributed by atoms with Gasteiger partial charge in [0.15, 0.2) is 0 Å². The predicted octanol–water partition coefficient (Wildman–Crippen LogP) is 4.45. The van der Waals surface area contributed by atoms with E-state index in [1.165, 1.54) is 37.6 Å². The first kappa shape index (κ1) is 32.2. The number of methoxy groups -OCH3 is 1. The highest BCUT2D eigenvalue weighted by molar-refractivity contribution is 6.32. The van der Waals surface area contributed by atoms with Gasteiger partial charge in [-0.25, -0.2) is 19.0 Å². The summed E-state index contributed by atoms with van der Waals surface area (Å²) in [5.41, 5.74) is -1.70. The number of aryl methyl sites for hydroxylation is 1. The summed E-state index contributed by atoms with van der Waals surface area (Å²) in [6.45, 7) is 5.23. The molecule has 14 nitrogen and oxygen atoms in total. The van der Waals surface area contributed by atoms with E-state index in [0.717, 1.165) is 9.47 Å². The van der Waals surface area contributed by atoms with Crippen LogP contribution in [0.1, 0.15) is 31.0 Å². The van der Waals surface area contributed by atoms with Gasteiger partial charge in [0.2, 0.25) is 5.75 Å². The summed E-state index contributed by atoms with van der Waals surface area (Å²) in [6.07, 6.45) is 0.268. The summed E-state index contributed by atoms with van der Waals surface area (Å²) in [7, 11) is 1.33. The van der Waals surface area contributed by atoms with E-state index in [1.807, 2.05) is 13.8 Å². The molecule has 5 rings (SSSR count). The highest BCUT2D eigenvalue weighted by atomic mass is 35.5. The zero-order valence-corrected chi connectivity index (χ0v) is 25.8. The summed E-state index contributed by atoms with van der Waals surface area (Å²) in [5, 5.41) is 24.4. The van der Waals surface area contributed by atoms with Gasteiger partial charge in [-0.3, -0.25) is 24.5 Å². The molecule has 16 heteroatoms. The molecule has 0 bridgehead atoms. The summed E-state index contributed by atoms with van der Waals surface area (Å²) in [5.74, 6) is -2.78. The van der Waals surface area contributed by atoms with Crippen molar-refractivity contribution in [2.75, 3.05) is 26.7 Å². The molecule has 1 aliphatic heterocycles. The number of nitrogens with one attached hydrogen (secondary N) is 1. The van der Waals surface area contributed by atoms with Crippen LogP contribution in [0, 0.1) is 22.9 Å². The molecule has 1 unspecified atom stereocenters. The number of benzene rings is 1. The number of hydrogen-bond acceptors (Lipinski definition) is 10. The normalized spacial score (nSPS) is 14.8. The molecular weight excluding hydrogens is 627 g/mol. The summed E-state index contributed by atoms with van der Waals surface area (Å²) < 4.78 is 27.2. The number of carbonyl (C=O) groups is 2. The maximum Gasteiger partial charge on any atom is 0.407 e. The van der Waals surface area contributed by atoms with Crippen LogP contribution in [0.15, 0.2) is 41.3 Å². The van der Waals surface area contributed by atoms with Crippen LogP contribution in [0.25, 0.3) is 27.8 Å². The van der Waals surface area contributed by atoms with Crippen LogP contribution in [-0.4, -0.2) is 74.3 Å². The molecule has 1 saturated heterocycles. The van der Waals surface area contributed by atoms with Gasteiger partial charge in [-0.05, 0) is 42.7 Å². The molecule has 1 fully saturated rings. The zero-order valence-electron chi connectivity index (χ0n) is 25.0. The standard InChI is InChI=1S/C30H28ClFN6O8/c1-14(2)22-24(15(3)8-9-34-22)37-19-12-16(21-17(32)6-5-7-20(21)45-4)27(31)35-23(19)26(25(28(37)39)38(43)44)46-29(40)18-13-36(30(41)42)11-10-33-18/h5-9,12,14,18,33H,10-11,13H2,1-4H3,(H,41,42). The van der Waals surface area contributed by atoms with E-state index in [1.54, 1.807) is 13.0 Å². The van der Waals surface area contributed by atoms with E-state index >= 15 is 4.39 Å². The van der Waals surface area contributed by atoms with Gasteiger partial charge >= 0.3 is 23.3 Å². The Labute approximate surface area is 265 Å². The number of carboxylic acid groups (broad SMARTS) is 1. The minimum Gasteiger partial charge on any atom is -0.496 e. The molecule has 4 aromatic rings. The van der Waals surface area contributed by atoms with Crippen molar-refractivity contribution in [2.24, 2.45) is 0 Å². The quantitative estimate of drug-likeness (QED) is 0.124. The number of hydrogen-bond donors (Lipinski definition) is 2. The molecule has 240 valence electrons. The van der Waals surface area contributed by atoms with Crippen LogP contribution >= 0.6 is 11.6 Å². The molecule has 46 heavy (non-hydrogen) atoms. The maximum atomic E-state index is 15.3. The minimum absolute atomic E-state index is 0.0120. The molecule has 4 heterocycles. The lowest BCUT2D eigenvalue weighted by molar-refractivity contribution is -0.387. The Hall–Kier alpha value is -5.15. The third-order valence-electron chi connectivity index (χ3n) is 7.54. The molecule has 0 spiro atoms. The number of fused-ring (bicyclic) bond motifs is 1. The van der Waals surface area contributed by atoms with Gasteiger partial charge in [0.25, 0.3) is 0 Å². The molecule has 2 N–H and O–H groups in total. The molecule has 1 aromatic carbocycles. The van der Waals surface area contributed by atoms with Crippen molar-refractivity contribution < 1.29 is 33.5 Å². The van der Waals surface area contributed by atoms with Gasteiger partial charge in [-0.1, -0.05) is 31.5 Å². The second kappa shape index (κ2) is 12.7. The lowest BCUT2D eigenvalue weighted by Crippen LogP contribution is -2.56. The number of carbonyl (C=O) groups excluding carboxylic acids is 1. The zero-order chi connectivity index (χ0) is 33.4. The number of nitrogens with zero attached hydrogens (tertiary/aromatic N) is 5. The van der Waals surface area contributed by atoms with Gasteiger partial charge < -0.3 is 24.8 Å². The first-order valence-electron chi connectivity index (χ1n) is 14.0. The molecular formula is C30H28ClFN6O8. The fraction of sp³-hybridized carbons (Fsp3) is 0.300. The molecule has 1 aliphatic rings. The number of piperazine rings is 1. The summed E-state index contributed by atoms with van der Waals surface area (Å²) in [6, 6.07) is 5.81. The van der Waals surface area contributed by atoms with Crippen molar-refractivity contribution in [2.45, 2.75) is 32.7 Å². The Kier molecular flexibility index (Phi) is 8.90. The average molecular weight is 655 g/mol. The number of halogens is 2. The Bertz CT molecular complexity index is 1970. The summed E-state index contributed by atoms with van der Waals surface area (Å²) >= 11 is 6.61. The van der Waals surface area contributed by atoms with Crippen LogP contribution < -0.4 is 20.3 Å². The van der Waals surface area contributed by atoms with Gasteiger partial charge in [0, 0.05) is 24.8 Å². The molecule has 0 aliphatic carbocycles. The first-order chi connectivity index (χ1) is 21.8. The maximum absolute atomic E-state index is 15.3. The van der Waals surface area contributed by atoms with Gasteiger partial charge in [0.05, 0.1) is 41.0 Å². The average Bonchev–Trinajstić information content (AvgIpc) is 3.01. The number of pyridine rings is 3. The van der Waals surface area contributed by atoms with E-state index in [9.17, 15) is 29.6 Å². The first-order valence-corrected chi connectivity index (χ1v) is 14.4. The van der Waals surface area contributed by atoms with E-state index < -0.39 is 45.8 Å². The smallest absolute Gasteiger partial charge is 0.407 e. The Balaban J connectivity index is 1.87. The molecule has 0 saturated carbocycles. The number of rotatable bonds is 7. The molecule has 1 amide bonds. The molecule has 1 atom stereocenters. The highest BCUT2D eigenvalue weighted by Gasteiger charge is 2.36. The second-order valence-electron chi connectivity index (χ2n) is 10.8. The van der Waals surface area contributed by atoms with E-state index in [4.69, 9.17) is 21.1 Å². The summed E-state index contributed by atoms with van der Waals surface area (Å²) in [4.78, 5) is 60.4. The van der Waals surface area contributed by atoms with E-state index in [2.05, 4.69) is 15.3 Å². The van der Waals surface area contributed by atoms with E-state index in [-0.39, 0.29) is 64.3 Å². The van der Waals surface area contributed by atoms with Gasteiger partial charge in [-0.15, -0.1) is 0 Å². The monoisotopic (exact) mass is 654 g/mol. The Morgan fingerprint density at radius 1 is 1.28 bits per heavy atom. The lowest BCUT2D eigenvalue weighted by Gasteiger charge is -2.30. The van der Waals surface area contributed by atoms with E-state index in [0.29, 0.717) is 11.3 Å². The Morgan fingerprint density at radius 2 is 2.02 bits per heavy atom. The van der Waals surface area contributed by atoms with Crippen molar-refractivity contribution in [3.05, 3.63) is 79.2 Å².